The minimum Gasteiger partial charge on any atom is -0.406 e. The number of aryl methyl sites for hydroxylation is 1. The SMILES string of the molecule is O=C(CCc1ccc(OC(F)(F)F)cc1)c1cncc(-c2nnc(NCc3ccccn3)c3c(-c4ccccc4)cccc23)c1. The van der Waals surface area contributed by atoms with E-state index < -0.39 is 6.36 Å². The highest BCUT2D eigenvalue weighted by atomic mass is 19.4. The fourth-order valence-electron chi connectivity index (χ4n) is 5.06. The van der Waals surface area contributed by atoms with Gasteiger partial charge in [0.25, 0.3) is 0 Å². The van der Waals surface area contributed by atoms with Crippen molar-refractivity contribution >= 4 is 22.4 Å². The Balaban J connectivity index is 1.29. The van der Waals surface area contributed by atoms with Crippen molar-refractivity contribution in [1.29, 1.82) is 0 Å². The molecule has 0 atom stereocenters. The fourth-order valence-corrected chi connectivity index (χ4v) is 5.06. The Morgan fingerprint density at radius 3 is 2.38 bits per heavy atom. The highest BCUT2D eigenvalue weighted by molar-refractivity contribution is 6.08. The number of Topliss-reactive ketones (excluding diaryl/α,β-unsaturated/α-hetero) is 1. The molecule has 3 aromatic carbocycles. The van der Waals surface area contributed by atoms with Crippen LogP contribution in [0.2, 0.25) is 0 Å². The fraction of sp³-hybridized carbons (Fsp3) is 0.114. The zero-order chi connectivity index (χ0) is 31.2. The Bertz CT molecular complexity index is 1930. The molecule has 224 valence electrons. The zero-order valence-electron chi connectivity index (χ0n) is 23.8. The van der Waals surface area contributed by atoms with Crippen molar-refractivity contribution < 1.29 is 22.7 Å². The van der Waals surface area contributed by atoms with Crippen LogP contribution in [0.5, 0.6) is 5.75 Å². The molecule has 45 heavy (non-hydrogen) atoms. The van der Waals surface area contributed by atoms with E-state index >= 15 is 0 Å². The van der Waals surface area contributed by atoms with E-state index in [1.165, 1.54) is 30.5 Å². The highest BCUT2D eigenvalue weighted by Crippen LogP contribution is 2.37. The van der Waals surface area contributed by atoms with Gasteiger partial charge in [-0.15, -0.1) is 23.4 Å². The van der Waals surface area contributed by atoms with Crippen molar-refractivity contribution in [2.45, 2.75) is 25.7 Å². The van der Waals surface area contributed by atoms with E-state index in [0.29, 0.717) is 41.2 Å². The molecule has 0 saturated carbocycles. The minimum atomic E-state index is -4.76. The second-order valence-corrected chi connectivity index (χ2v) is 10.2. The van der Waals surface area contributed by atoms with E-state index in [9.17, 15) is 18.0 Å². The van der Waals surface area contributed by atoms with Crippen molar-refractivity contribution in [3.05, 3.63) is 132 Å². The molecule has 0 spiro atoms. The van der Waals surface area contributed by atoms with Crippen molar-refractivity contribution in [2.24, 2.45) is 0 Å². The summed E-state index contributed by atoms with van der Waals surface area (Å²) in [5.41, 5.74) is 5.16. The van der Waals surface area contributed by atoms with E-state index in [-0.39, 0.29) is 18.0 Å². The molecule has 0 saturated heterocycles. The smallest absolute Gasteiger partial charge is 0.406 e. The van der Waals surface area contributed by atoms with Crippen molar-refractivity contribution in [1.82, 2.24) is 20.2 Å². The van der Waals surface area contributed by atoms with Gasteiger partial charge in [0.1, 0.15) is 11.4 Å². The number of rotatable bonds is 10. The van der Waals surface area contributed by atoms with Gasteiger partial charge in [-0.2, -0.15) is 0 Å². The number of hydrogen-bond acceptors (Lipinski definition) is 7. The van der Waals surface area contributed by atoms with Gasteiger partial charge >= 0.3 is 6.36 Å². The molecule has 0 radical (unpaired) electrons. The number of benzene rings is 3. The number of ketones is 1. The second kappa shape index (κ2) is 12.9. The first-order valence-electron chi connectivity index (χ1n) is 14.2. The van der Waals surface area contributed by atoms with Gasteiger partial charge in [0.2, 0.25) is 0 Å². The second-order valence-electron chi connectivity index (χ2n) is 10.2. The summed E-state index contributed by atoms with van der Waals surface area (Å²) < 4.78 is 41.3. The lowest BCUT2D eigenvalue weighted by atomic mass is 9.96. The minimum absolute atomic E-state index is 0.144. The topological polar surface area (TPSA) is 89.9 Å². The lowest BCUT2D eigenvalue weighted by Crippen LogP contribution is -2.17. The largest absolute Gasteiger partial charge is 0.573 e. The highest BCUT2D eigenvalue weighted by Gasteiger charge is 2.31. The molecule has 3 aromatic heterocycles. The number of carbonyl (C=O) groups is 1. The van der Waals surface area contributed by atoms with E-state index in [1.807, 2.05) is 66.7 Å². The molecule has 0 aliphatic rings. The van der Waals surface area contributed by atoms with E-state index in [2.05, 4.69) is 30.2 Å². The van der Waals surface area contributed by atoms with Crippen molar-refractivity contribution in [3.8, 4) is 28.1 Å². The van der Waals surface area contributed by atoms with Crippen LogP contribution in [0.15, 0.2) is 116 Å². The Morgan fingerprint density at radius 2 is 1.62 bits per heavy atom. The molecule has 1 N–H and O–H groups in total. The predicted molar refractivity (Wildman–Crippen MR) is 166 cm³/mol. The lowest BCUT2D eigenvalue weighted by Gasteiger charge is -2.15. The first-order valence-corrected chi connectivity index (χ1v) is 14.2. The Hall–Kier alpha value is -5.64. The van der Waals surface area contributed by atoms with Crippen LogP contribution in [0.4, 0.5) is 19.0 Å². The molecule has 6 aromatic rings. The standard InChI is InChI=1S/C35H26F3N5O2/c36-35(37,38)45-28-15-12-23(13-16-28)14-17-31(44)25-19-26(21-39-20-25)33-30-11-6-10-29(24-7-2-1-3-8-24)32(30)34(43-42-33)41-22-27-9-4-5-18-40-27/h1-13,15-16,18-21H,14,17,22H2,(H,41,43). The molecule has 6 rings (SSSR count). The molecule has 10 heteroatoms. The van der Waals surface area contributed by atoms with Crippen LogP contribution in [0.25, 0.3) is 33.2 Å². The molecule has 3 heterocycles. The van der Waals surface area contributed by atoms with Crippen LogP contribution in [-0.4, -0.2) is 32.3 Å². The number of pyridine rings is 2. The van der Waals surface area contributed by atoms with Crippen LogP contribution in [0, 0.1) is 0 Å². The van der Waals surface area contributed by atoms with E-state index in [1.54, 1.807) is 18.5 Å². The van der Waals surface area contributed by atoms with Gasteiger partial charge in [-0.3, -0.25) is 14.8 Å². The van der Waals surface area contributed by atoms with Crippen LogP contribution in [0.3, 0.4) is 0 Å². The molecular weight excluding hydrogens is 579 g/mol. The molecule has 0 bridgehead atoms. The van der Waals surface area contributed by atoms with Crippen LogP contribution >= 0.6 is 0 Å². The van der Waals surface area contributed by atoms with Gasteiger partial charge in [0.15, 0.2) is 11.6 Å². The van der Waals surface area contributed by atoms with Gasteiger partial charge in [-0.25, -0.2) is 0 Å². The van der Waals surface area contributed by atoms with Gasteiger partial charge in [0, 0.05) is 46.9 Å². The average molecular weight is 606 g/mol. The number of aromatic nitrogens is 4. The van der Waals surface area contributed by atoms with Gasteiger partial charge in [0.05, 0.1) is 12.2 Å². The maximum absolute atomic E-state index is 13.2. The number of ether oxygens (including phenoxy) is 1. The summed E-state index contributed by atoms with van der Waals surface area (Å²) in [6.45, 7) is 0.455. The number of hydrogen-bond donors (Lipinski definition) is 1. The first kappa shape index (κ1) is 29.4. The number of carbonyl (C=O) groups excluding carboxylic acids is 1. The quantitative estimate of drug-likeness (QED) is 0.158. The number of anilines is 1. The van der Waals surface area contributed by atoms with Crippen LogP contribution in [-0.2, 0) is 13.0 Å². The monoisotopic (exact) mass is 605 g/mol. The molecule has 0 aliphatic heterocycles. The Labute approximate surface area is 256 Å². The number of alkyl halides is 3. The zero-order valence-corrected chi connectivity index (χ0v) is 23.8. The third kappa shape index (κ3) is 7.13. The number of nitrogens with zero attached hydrogens (tertiary/aromatic N) is 4. The van der Waals surface area contributed by atoms with Crippen molar-refractivity contribution in [2.75, 3.05) is 5.32 Å². The Kier molecular flexibility index (Phi) is 8.45. The summed E-state index contributed by atoms with van der Waals surface area (Å²) in [7, 11) is 0. The Morgan fingerprint density at radius 1 is 0.822 bits per heavy atom. The molecule has 0 aliphatic carbocycles. The summed E-state index contributed by atoms with van der Waals surface area (Å²) in [5.74, 6) is 0.137. The van der Waals surface area contributed by atoms with Crippen molar-refractivity contribution in [3.63, 3.8) is 0 Å². The summed E-state index contributed by atoms with van der Waals surface area (Å²) in [6.07, 6.45) is 0.616. The molecular formula is C35H26F3N5O2. The van der Waals surface area contributed by atoms with Gasteiger partial charge in [-0.1, -0.05) is 66.7 Å². The summed E-state index contributed by atoms with van der Waals surface area (Å²) in [4.78, 5) is 21.9. The molecule has 0 amide bonds. The van der Waals surface area contributed by atoms with Crippen LogP contribution in [0.1, 0.15) is 28.0 Å². The van der Waals surface area contributed by atoms with Gasteiger partial charge < -0.3 is 10.1 Å². The predicted octanol–water partition coefficient (Wildman–Crippen LogP) is 8.08. The normalized spacial score (nSPS) is 11.4. The third-order valence-corrected chi connectivity index (χ3v) is 7.19. The maximum Gasteiger partial charge on any atom is 0.573 e. The summed E-state index contributed by atoms with van der Waals surface area (Å²) in [6, 6.07) is 28.9. The molecule has 0 fully saturated rings. The number of halogens is 3. The van der Waals surface area contributed by atoms with Crippen LogP contribution < -0.4 is 10.1 Å². The van der Waals surface area contributed by atoms with Gasteiger partial charge in [-0.05, 0) is 53.4 Å². The number of fused-ring (bicyclic) bond motifs is 1. The third-order valence-electron chi connectivity index (χ3n) is 7.19. The summed E-state index contributed by atoms with van der Waals surface area (Å²) >= 11 is 0. The average Bonchev–Trinajstić information content (AvgIpc) is 3.06. The maximum atomic E-state index is 13.2. The van der Waals surface area contributed by atoms with E-state index in [0.717, 1.165) is 27.6 Å². The first-order chi connectivity index (χ1) is 21.8. The molecule has 7 nitrogen and oxygen atoms in total. The number of nitrogens with one attached hydrogen (secondary N) is 1. The van der Waals surface area contributed by atoms with E-state index in [4.69, 9.17) is 0 Å². The molecule has 0 unspecified atom stereocenters. The summed E-state index contributed by atoms with van der Waals surface area (Å²) in [5, 5.41) is 14.3. The lowest BCUT2D eigenvalue weighted by molar-refractivity contribution is -0.274.